The number of hydrogen-bond acceptors (Lipinski definition) is 7. The lowest BCUT2D eigenvalue weighted by Crippen LogP contribution is -2.13. The van der Waals surface area contributed by atoms with Crippen LogP contribution >= 0.6 is 11.8 Å². The first-order valence-corrected chi connectivity index (χ1v) is 8.22. The molecule has 1 heterocycles. The van der Waals surface area contributed by atoms with Gasteiger partial charge in [0.15, 0.2) is 17.0 Å². The number of ketones is 1. The average molecular weight is 409 g/mol. The minimum Gasteiger partial charge on any atom is -0.489 e. The van der Waals surface area contributed by atoms with E-state index in [2.05, 4.69) is 15.1 Å². The average Bonchev–Trinajstić information content (AvgIpc) is 2.87. The lowest BCUT2D eigenvalue weighted by atomic mass is 10.0. The molecule has 2 aromatic carbocycles. The number of nitroso groups, excluding NO2 is 1. The lowest BCUT2D eigenvalue weighted by molar-refractivity contribution is 0.0959. The van der Waals surface area contributed by atoms with Gasteiger partial charge in [-0.2, -0.15) is 0 Å². The van der Waals surface area contributed by atoms with Crippen molar-refractivity contribution in [3.63, 3.8) is 0 Å². The zero-order chi connectivity index (χ0) is 32.9. The van der Waals surface area contributed by atoms with E-state index in [1.807, 2.05) is 0 Å². The van der Waals surface area contributed by atoms with Crippen molar-refractivity contribution in [3.05, 3.63) is 87.9 Å². The minimum atomic E-state index is -3.59. The second-order valence-electron chi connectivity index (χ2n) is 4.90. The van der Waals surface area contributed by atoms with Crippen molar-refractivity contribution in [3.8, 4) is 5.75 Å². The van der Waals surface area contributed by atoms with Gasteiger partial charge in [-0.05, 0) is 36.2 Å². The number of Topliss-reactive ketones (excluding diaryl/α,β-unsaturated/α-hetero) is 1. The van der Waals surface area contributed by atoms with Gasteiger partial charge in [0.1, 0.15) is 12.3 Å². The molecule has 142 valence electrons. The van der Waals surface area contributed by atoms with E-state index in [0.717, 1.165) is 6.07 Å². The molecule has 0 N–H and O–H groups in total. The maximum atomic E-state index is 13.7. The number of hydrogen-bond donors (Lipinski definition) is 0. The van der Waals surface area contributed by atoms with Crippen LogP contribution in [0.4, 0.5) is 0 Å². The fourth-order valence-electron chi connectivity index (χ4n) is 1.89. The van der Waals surface area contributed by atoms with Crippen molar-refractivity contribution in [1.82, 2.24) is 9.97 Å². The van der Waals surface area contributed by atoms with Crippen molar-refractivity contribution in [2.24, 2.45) is 5.18 Å². The molecular weight excluding hydrogens is 374 g/mol. The molecular formula is C21H19N3O3S. The summed E-state index contributed by atoms with van der Waals surface area (Å²) >= 11 is -0.0143. The van der Waals surface area contributed by atoms with Gasteiger partial charge < -0.3 is 4.74 Å². The van der Waals surface area contributed by atoms with E-state index in [4.69, 9.17) is 25.3 Å². The molecule has 1 unspecified atom stereocenters. The van der Waals surface area contributed by atoms with Crippen molar-refractivity contribution < 1.29 is 30.1 Å². The van der Waals surface area contributed by atoms with Gasteiger partial charge in [0.2, 0.25) is 0 Å². The Morgan fingerprint density at radius 1 is 1.39 bits per heavy atom. The van der Waals surface area contributed by atoms with Crippen LogP contribution in [0.5, 0.6) is 5.75 Å². The van der Waals surface area contributed by atoms with Crippen molar-refractivity contribution in [2.75, 3.05) is 6.18 Å². The number of aromatic nitrogens is 2. The number of nitrogens with zero attached hydrogens (tertiary/aromatic N) is 3. The molecule has 0 fully saturated rings. The van der Waals surface area contributed by atoms with Gasteiger partial charge in [-0.3, -0.25) is 4.79 Å². The van der Waals surface area contributed by atoms with Gasteiger partial charge in [-0.15, -0.1) is 4.91 Å². The number of benzene rings is 2. The van der Waals surface area contributed by atoms with E-state index < -0.39 is 101 Å². The summed E-state index contributed by atoms with van der Waals surface area (Å²) in [7, 11) is 0. The SMILES string of the molecule is [2H]c1ccccc1C([2H])([2H])Oc1c([2H])c(C(=O)C([2H])(N=O)c2nc(SC([2H])([2H])[2H])nc([2H])c2[2H])c([2H])c([2H])c1C([2H])([2H])[2H]. The van der Waals surface area contributed by atoms with Crippen molar-refractivity contribution in [1.29, 1.82) is 0 Å². The van der Waals surface area contributed by atoms with Gasteiger partial charge in [0.25, 0.3) is 0 Å². The van der Waals surface area contributed by atoms with Crippen LogP contribution in [0, 0.1) is 11.8 Å². The number of thioether (sulfide) groups is 1. The maximum absolute atomic E-state index is 13.7. The Hall–Kier alpha value is -3.06. The van der Waals surface area contributed by atoms with Gasteiger partial charge in [0.05, 0.1) is 18.0 Å². The molecule has 1 aromatic heterocycles. The molecule has 6 nitrogen and oxygen atoms in total. The molecule has 0 aliphatic carbocycles. The van der Waals surface area contributed by atoms with E-state index in [1.165, 1.54) is 18.2 Å². The summed E-state index contributed by atoms with van der Waals surface area (Å²) in [4.78, 5) is 32.8. The number of carbonyl (C=O) groups is 1. The van der Waals surface area contributed by atoms with Crippen LogP contribution in [0.3, 0.4) is 0 Å². The fourth-order valence-corrected chi connectivity index (χ4v) is 2.12. The zero-order valence-corrected chi connectivity index (χ0v) is 14.6. The second-order valence-corrected chi connectivity index (χ2v) is 5.47. The van der Waals surface area contributed by atoms with E-state index in [1.54, 1.807) is 0 Å². The molecule has 0 amide bonds. The highest BCUT2D eigenvalue weighted by molar-refractivity contribution is 7.98. The molecule has 0 saturated heterocycles. The Morgan fingerprint density at radius 3 is 3.11 bits per heavy atom. The summed E-state index contributed by atoms with van der Waals surface area (Å²) in [6.07, 6.45) is -3.81. The number of ether oxygens (including phenoxy) is 1. The number of rotatable bonds is 8. The molecule has 0 saturated carbocycles. The Morgan fingerprint density at radius 2 is 2.32 bits per heavy atom. The molecule has 28 heavy (non-hydrogen) atoms. The lowest BCUT2D eigenvalue weighted by Gasteiger charge is -2.13. The normalized spacial score (nSPS) is 21.9. The van der Waals surface area contributed by atoms with Gasteiger partial charge in [-0.1, -0.05) is 59.3 Å². The molecule has 0 radical (unpaired) electrons. The fraction of sp³-hybridized carbons (Fsp3) is 0.190. The molecule has 0 aliphatic heterocycles. The quantitative estimate of drug-likeness (QED) is 0.231. The zero-order valence-electron chi connectivity index (χ0n) is 28.8. The molecule has 0 bridgehead atoms. The van der Waals surface area contributed by atoms with Crippen molar-refractivity contribution >= 4 is 17.5 Å². The largest absolute Gasteiger partial charge is 0.489 e. The first-order chi connectivity index (χ1) is 19.6. The van der Waals surface area contributed by atoms with E-state index in [-0.39, 0.29) is 11.8 Å². The highest BCUT2D eigenvalue weighted by Crippen LogP contribution is 2.26. The van der Waals surface area contributed by atoms with Crippen molar-refractivity contribution in [2.45, 2.75) is 24.6 Å². The summed E-state index contributed by atoms with van der Waals surface area (Å²) in [6.45, 7) is -6.37. The van der Waals surface area contributed by atoms with E-state index in [0.29, 0.717) is 0 Å². The highest BCUT2D eigenvalue weighted by atomic mass is 32.2. The van der Waals surface area contributed by atoms with Crippen LogP contribution in [0.2, 0.25) is 0 Å². The van der Waals surface area contributed by atoms with E-state index >= 15 is 0 Å². The molecule has 3 aromatic rings. The third-order valence-electron chi connectivity index (χ3n) is 3.13. The predicted octanol–water partition coefficient (Wildman–Crippen LogP) is 4.78. The third-order valence-corrected chi connectivity index (χ3v) is 3.50. The molecule has 3 rings (SSSR count). The second kappa shape index (κ2) is 9.23. The van der Waals surface area contributed by atoms with Gasteiger partial charge in [-0.25, -0.2) is 9.97 Å². The summed E-state index contributed by atoms with van der Waals surface area (Å²) in [5, 5.41) is 1.65. The number of carbonyl (C=O) groups excluding carboxylic acids is 1. The Bertz CT molecular complexity index is 1610. The monoisotopic (exact) mass is 408 g/mol. The highest BCUT2D eigenvalue weighted by Gasteiger charge is 2.25. The Kier molecular flexibility index (Phi) is 2.68. The standard InChI is InChI=1S/C21H19N3O3S/c1-14-8-9-16(12-18(14)27-13-15-6-4-3-5-7-15)20(25)19(24-26)17-10-11-22-21(23-17)28-2/h3-12,19H,13H2,1-2H3/i1D3,2D3,6D,8D,9D,10D,11D,12D,13D2,19D. The van der Waals surface area contributed by atoms with Crippen LogP contribution in [0.1, 0.15) is 53.8 Å². The Labute approximate surface area is 188 Å². The summed E-state index contributed by atoms with van der Waals surface area (Å²) in [5.41, 5.74) is -4.11. The topological polar surface area (TPSA) is 81.5 Å². The van der Waals surface area contributed by atoms with E-state index in [9.17, 15) is 9.70 Å². The van der Waals surface area contributed by atoms with Gasteiger partial charge in [0, 0.05) is 20.0 Å². The van der Waals surface area contributed by atoms with Crippen LogP contribution in [-0.2, 0) is 6.56 Å². The molecule has 0 spiro atoms. The summed E-state index contributed by atoms with van der Waals surface area (Å²) in [5.74, 6) is -3.15. The summed E-state index contributed by atoms with van der Waals surface area (Å²) in [6, 6.07) is -3.95. The summed E-state index contributed by atoms with van der Waals surface area (Å²) < 4.78 is 125. The molecule has 1 atom stereocenters. The third kappa shape index (κ3) is 4.61. The first-order valence-electron chi connectivity index (χ1n) is 14.9. The maximum Gasteiger partial charge on any atom is 0.197 e. The first kappa shape index (κ1) is 8.13. The smallest absolute Gasteiger partial charge is 0.197 e. The van der Waals surface area contributed by atoms with Crippen LogP contribution < -0.4 is 4.74 Å². The van der Waals surface area contributed by atoms with Crippen LogP contribution in [0.25, 0.3) is 0 Å². The molecule has 0 aliphatic rings. The predicted molar refractivity (Wildman–Crippen MR) is 109 cm³/mol. The minimum absolute atomic E-state index is 0.0143. The Balaban J connectivity index is 2.34. The molecule has 7 heteroatoms. The van der Waals surface area contributed by atoms with Gasteiger partial charge >= 0.3 is 0 Å². The van der Waals surface area contributed by atoms with Crippen LogP contribution in [-0.4, -0.2) is 21.9 Å². The van der Waals surface area contributed by atoms with Crippen LogP contribution in [0.15, 0.2) is 71.0 Å².